The molecule has 4 amide bonds. The van der Waals surface area contributed by atoms with E-state index >= 15 is 0 Å². The molecule has 4 N–H and O–H groups in total. The van der Waals surface area contributed by atoms with Crippen LogP contribution in [0, 0.1) is 11.8 Å². The molecule has 2 aliphatic heterocycles. The van der Waals surface area contributed by atoms with E-state index in [0.29, 0.717) is 31.3 Å². The third-order valence-electron chi connectivity index (χ3n) is 6.47. The number of nitrogens with one attached hydrogen (secondary N) is 4. The maximum atomic E-state index is 13.5. The lowest BCUT2D eigenvalue weighted by atomic mass is 9.95. The molecule has 4 atom stereocenters. The molecule has 0 saturated carbocycles. The van der Waals surface area contributed by atoms with E-state index in [2.05, 4.69) is 26.3 Å². The lowest BCUT2D eigenvalue weighted by Gasteiger charge is -2.25. The standard InChI is InChI=1S/C25H31N5O5S/c1-13(2)11-18(29-23(34)16-7-8-20(31)27-16)24(35)28-17(12-14-9-10-26-22(14)33)21(32)25-30-15-5-3-4-6-19(15)36-25/h3-6,13-14,16-18H,7-12H2,1-2H3,(H,26,33)(H,27,31)(H,28,35)(H,29,34)/t14-,16?,17-,18-/m0/s1. The number of para-hydroxylation sites is 1. The minimum atomic E-state index is -0.968. The predicted octanol–water partition coefficient (Wildman–Crippen LogP) is 1.30. The second-order valence-electron chi connectivity index (χ2n) is 9.77. The van der Waals surface area contributed by atoms with Gasteiger partial charge < -0.3 is 21.3 Å². The van der Waals surface area contributed by atoms with Gasteiger partial charge in [-0.05, 0) is 43.7 Å². The summed E-state index contributed by atoms with van der Waals surface area (Å²) >= 11 is 1.24. The highest BCUT2D eigenvalue weighted by molar-refractivity contribution is 7.20. The number of thiazole rings is 1. The fourth-order valence-corrected chi connectivity index (χ4v) is 5.53. The molecule has 1 unspecified atom stereocenters. The summed E-state index contributed by atoms with van der Waals surface area (Å²) in [5.41, 5.74) is 0.693. The lowest BCUT2D eigenvalue weighted by Crippen LogP contribution is -2.55. The van der Waals surface area contributed by atoms with Crippen molar-refractivity contribution in [2.75, 3.05) is 6.54 Å². The van der Waals surface area contributed by atoms with Crippen LogP contribution < -0.4 is 21.3 Å². The van der Waals surface area contributed by atoms with Gasteiger partial charge >= 0.3 is 0 Å². The third kappa shape index (κ3) is 6.07. The number of nitrogens with zero attached hydrogens (tertiary/aromatic N) is 1. The van der Waals surface area contributed by atoms with Crippen molar-refractivity contribution >= 4 is 51.0 Å². The van der Waals surface area contributed by atoms with Crippen molar-refractivity contribution in [3.05, 3.63) is 29.3 Å². The van der Waals surface area contributed by atoms with Crippen LogP contribution in [-0.4, -0.2) is 59.1 Å². The number of rotatable bonds is 10. The van der Waals surface area contributed by atoms with Crippen LogP contribution in [0.2, 0.25) is 0 Å². The number of ketones is 1. The molecule has 2 aliphatic rings. The number of benzene rings is 1. The van der Waals surface area contributed by atoms with Crippen molar-refractivity contribution in [2.24, 2.45) is 11.8 Å². The molecule has 36 heavy (non-hydrogen) atoms. The molecule has 1 aromatic heterocycles. The van der Waals surface area contributed by atoms with Crippen molar-refractivity contribution in [3.63, 3.8) is 0 Å². The van der Waals surface area contributed by atoms with Crippen LogP contribution in [-0.2, 0) is 19.2 Å². The smallest absolute Gasteiger partial charge is 0.243 e. The van der Waals surface area contributed by atoms with Gasteiger partial charge in [-0.2, -0.15) is 0 Å². The van der Waals surface area contributed by atoms with Crippen LogP contribution in [0.4, 0.5) is 0 Å². The largest absolute Gasteiger partial charge is 0.356 e. The topological polar surface area (TPSA) is 146 Å². The SMILES string of the molecule is CC(C)C[C@H](NC(=O)C1CCC(=O)N1)C(=O)N[C@@H](C[C@@H]1CCNC1=O)C(=O)c1nc2ccccc2s1. The highest BCUT2D eigenvalue weighted by atomic mass is 32.1. The van der Waals surface area contributed by atoms with Crippen molar-refractivity contribution in [3.8, 4) is 0 Å². The summed E-state index contributed by atoms with van der Waals surface area (Å²) in [5.74, 6) is -1.95. The van der Waals surface area contributed by atoms with Gasteiger partial charge in [0.1, 0.15) is 12.1 Å². The van der Waals surface area contributed by atoms with Gasteiger partial charge in [0.25, 0.3) is 0 Å². The molecule has 0 bridgehead atoms. The molecule has 1 aromatic carbocycles. The first-order valence-electron chi connectivity index (χ1n) is 12.3. The molecule has 11 heteroatoms. The Morgan fingerprint density at radius 1 is 1.11 bits per heavy atom. The van der Waals surface area contributed by atoms with E-state index < -0.39 is 35.9 Å². The zero-order valence-electron chi connectivity index (χ0n) is 20.3. The number of hydrogen-bond acceptors (Lipinski definition) is 7. The van der Waals surface area contributed by atoms with Gasteiger partial charge in [0, 0.05) is 18.9 Å². The summed E-state index contributed by atoms with van der Waals surface area (Å²) in [6.45, 7) is 4.38. The number of carbonyl (C=O) groups excluding carboxylic acids is 5. The molecular weight excluding hydrogens is 482 g/mol. The van der Waals surface area contributed by atoms with Crippen molar-refractivity contribution in [1.82, 2.24) is 26.3 Å². The summed E-state index contributed by atoms with van der Waals surface area (Å²) in [5, 5.41) is 11.2. The Kier molecular flexibility index (Phi) is 7.97. The van der Waals surface area contributed by atoms with E-state index in [1.54, 1.807) is 0 Å². The van der Waals surface area contributed by atoms with E-state index in [4.69, 9.17) is 0 Å². The van der Waals surface area contributed by atoms with Crippen LogP contribution in [0.3, 0.4) is 0 Å². The molecule has 2 fully saturated rings. The minimum Gasteiger partial charge on any atom is -0.356 e. The number of aromatic nitrogens is 1. The van der Waals surface area contributed by atoms with Crippen LogP contribution in [0.15, 0.2) is 24.3 Å². The number of hydrogen-bond donors (Lipinski definition) is 4. The number of carbonyl (C=O) groups is 5. The number of fused-ring (bicyclic) bond motifs is 1. The highest BCUT2D eigenvalue weighted by Crippen LogP contribution is 2.25. The Labute approximate surface area is 213 Å². The second-order valence-corrected chi connectivity index (χ2v) is 10.8. The van der Waals surface area contributed by atoms with Gasteiger partial charge in [0.15, 0.2) is 5.01 Å². The Morgan fingerprint density at radius 2 is 1.89 bits per heavy atom. The summed E-state index contributed by atoms with van der Waals surface area (Å²) in [7, 11) is 0. The fourth-order valence-electron chi connectivity index (χ4n) is 4.57. The first-order valence-corrected chi connectivity index (χ1v) is 13.1. The van der Waals surface area contributed by atoms with Gasteiger partial charge in [0.05, 0.1) is 16.3 Å². The van der Waals surface area contributed by atoms with Gasteiger partial charge in [-0.3, -0.25) is 24.0 Å². The molecule has 3 heterocycles. The monoisotopic (exact) mass is 513 g/mol. The minimum absolute atomic E-state index is 0.0817. The van der Waals surface area contributed by atoms with Crippen molar-refractivity contribution in [2.45, 2.75) is 64.1 Å². The van der Waals surface area contributed by atoms with Gasteiger partial charge in [-0.1, -0.05) is 26.0 Å². The quantitative estimate of drug-likeness (QED) is 0.352. The van der Waals surface area contributed by atoms with Crippen molar-refractivity contribution < 1.29 is 24.0 Å². The lowest BCUT2D eigenvalue weighted by molar-refractivity contribution is -0.131. The Morgan fingerprint density at radius 3 is 2.53 bits per heavy atom. The molecule has 2 aromatic rings. The van der Waals surface area contributed by atoms with Crippen LogP contribution in [0.5, 0.6) is 0 Å². The van der Waals surface area contributed by atoms with Gasteiger partial charge in [-0.15, -0.1) is 11.3 Å². The van der Waals surface area contributed by atoms with E-state index in [1.165, 1.54) is 11.3 Å². The Balaban J connectivity index is 1.53. The maximum Gasteiger partial charge on any atom is 0.243 e. The number of amides is 4. The maximum absolute atomic E-state index is 13.5. The fraction of sp³-hybridized carbons (Fsp3) is 0.520. The zero-order valence-corrected chi connectivity index (χ0v) is 21.2. The summed E-state index contributed by atoms with van der Waals surface area (Å²) in [4.78, 5) is 67.8. The van der Waals surface area contributed by atoms with Gasteiger partial charge in [-0.25, -0.2) is 4.98 Å². The second kappa shape index (κ2) is 11.2. The molecule has 2 saturated heterocycles. The molecule has 0 radical (unpaired) electrons. The van der Waals surface area contributed by atoms with Crippen molar-refractivity contribution in [1.29, 1.82) is 0 Å². The van der Waals surface area contributed by atoms with Crippen LogP contribution in [0.25, 0.3) is 10.2 Å². The average Bonchev–Trinajstić information content (AvgIpc) is 3.57. The third-order valence-corrected chi connectivity index (χ3v) is 7.52. The van der Waals surface area contributed by atoms with E-state index in [1.807, 2.05) is 38.1 Å². The normalized spacial score (nSPS) is 21.2. The molecule has 10 nitrogen and oxygen atoms in total. The molecule has 0 aliphatic carbocycles. The molecule has 0 spiro atoms. The first-order chi connectivity index (χ1) is 17.2. The Hall–Kier alpha value is -3.34. The van der Waals surface area contributed by atoms with Gasteiger partial charge in [0.2, 0.25) is 29.4 Å². The predicted molar refractivity (Wildman–Crippen MR) is 134 cm³/mol. The first kappa shape index (κ1) is 25.7. The Bertz CT molecular complexity index is 1150. The average molecular weight is 514 g/mol. The van der Waals surface area contributed by atoms with E-state index in [0.717, 1.165) is 4.70 Å². The van der Waals surface area contributed by atoms with Crippen LogP contribution >= 0.6 is 11.3 Å². The highest BCUT2D eigenvalue weighted by Gasteiger charge is 2.36. The van der Waals surface area contributed by atoms with E-state index in [-0.39, 0.29) is 41.4 Å². The summed E-state index contributed by atoms with van der Waals surface area (Å²) in [6, 6.07) is 4.85. The molecular formula is C25H31N5O5S. The summed E-state index contributed by atoms with van der Waals surface area (Å²) < 4.78 is 0.855. The number of Topliss-reactive ketones (excluding diaryl/α,β-unsaturated/α-hetero) is 1. The molecule has 4 rings (SSSR count). The summed E-state index contributed by atoms with van der Waals surface area (Å²) in [6.07, 6.45) is 1.71. The zero-order chi connectivity index (χ0) is 25.8. The van der Waals surface area contributed by atoms with E-state index in [9.17, 15) is 24.0 Å². The molecule has 192 valence electrons. The van der Waals surface area contributed by atoms with Crippen LogP contribution in [0.1, 0.15) is 55.8 Å².